The lowest BCUT2D eigenvalue weighted by Gasteiger charge is -2.39. The molecule has 2 aromatic heterocycles. The van der Waals surface area contributed by atoms with Crippen LogP contribution in [0.1, 0.15) is 38.1 Å². The van der Waals surface area contributed by atoms with E-state index in [-0.39, 0.29) is 11.2 Å². The second kappa shape index (κ2) is 8.43. The van der Waals surface area contributed by atoms with Gasteiger partial charge in [0, 0.05) is 19.1 Å². The number of benzene rings is 2. The molecule has 1 atom stereocenters. The minimum atomic E-state index is -0.480. The number of hydrogen-bond acceptors (Lipinski definition) is 4. The van der Waals surface area contributed by atoms with E-state index in [0.717, 1.165) is 32.8 Å². The first-order chi connectivity index (χ1) is 16.7. The summed E-state index contributed by atoms with van der Waals surface area (Å²) in [6, 6.07) is 15.2. The number of ether oxygens (including phenoxy) is 2. The predicted octanol–water partition coefficient (Wildman–Crippen LogP) is 4.61. The van der Waals surface area contributed by atoms with Gasteiger partial charge in [0.05, 0.1) is 41.0 Å². The van der Waals surface area contributed by atoms with Gasteiger partial charge in [-0.2, -0.15) is 0 Å². The quantitative estimate of drug-likeness (QED) is 0.416. The van der Waals surface area contributed by atoms with Crippen LogP contribution in [-0.2, 0) is 24.4 Å². The highest BCUT2D eigenvalue weighted by molar-refractivity contribution is 6.30. The summed E-state index contributed by atoms with van der Waals surface area (Å²) < 4.78 is 16.9. The maximum absolute atomic E-state index is 13.6. The van der Waals surface area contributed by atoms with Crippen LogP contribution in [0.5, 0.6) is 5.75 Å². The Labute approximate surface area is 208 Å². The van der Waals surface area contributed by atoms with Crippen molar-refractivity contribution in [3.63, 3.8) is 0 Å². The number of fused-ring (bicyclic) bond motifs is 3. The van der Waals surface area contributed by atoms with Crippen LogP contribution in [0.25, 0.3) is 22.2 Å². The maximum atomic E-state index is 13.6. The lowest BCUT2D eigenvalue weighted by atomic mass is 9.98. The van der Waals surface area contributed by atoms with Gasteiger partial charge in [0.15, 0.2) is 0 Å². The number of rotatable bonds is 4. The molecule has 8 heteroatoms. The van der Waals surface area contributed by atoms with Gasteiger partial charge >= 0.3 is 5.69 Å². The molecule has 0 bridgehead atoms. The van der Waals surface area contributed by atoms with Crippen LogP contribution in [0.4, 0.5) is 0 Å². The van der Waals surface area contributed by atoms with Crippen LogP contribution in [0, 0.1) is 0 Å². The van der Waals surface area contributed by atoms with Crippen molar-refractivity contribution >= 4 is 22.5 Å². The second-order valence-electron chi connectivity index (χ2n) is 9.51. The van der Waals surface area contributed by atoms with Gasteiger partial charge in [-0.25, -0.2) is 4.79 Å². The van der Waals surface area contributed by atoms with E-state index in [1.54, 1.807) is 11.6 Å². The fourth-order valence-corrected chi connectivity index (χ4v) is 5.16. The Bertz CT molecular complexity index is 1540. The van der Waals surface area contributed by atoms with Crippen LogP contribution in [0.3, 0.4) is 0 Å². The van der Waals surface area contributed by atoms with Crippen molar-refractivity contribution in [2.75, 3.05) is 13.2 Å². The van der Waals surface area contributed by atoms with Crippen molar-refractivity contribution in [1.82, 2.24) is 13.7 Å². The normalized spacial score (nSPS) is 16.9. The third-order valence-electron chi connectivity index (χ3n) is 6.68. The molecule has 182 valence electrons. The molecule has 4 aromatic rings. The zero-order valence-corrected chi connectivity index (χ0v) is 21.2. The molecular weight excluding hydrogens is 466 g/mol. The van der Waals surface area contributed by atoms with Gasteiger partial charge in [-0.15, -0.1) is 0 Å². The van der Waals surface area contributed by atoms with Crippen molar-refractivity contribution in [2.24, 2.45) is 14.1 Å². The van der Waals surface area contributed by atoms with Gasteiger partial charge in [-0.3, -0.25) is 13.9 Å². The molecule has 5 rings (SSSR count). The SMILES string of the molecule is CCOc1ccc(C2OCC(C)(C)n3c(-c4ccc(Cl)cc4)c4c(=O)n(C)c(=O)n(C)c4c32)cc1. The molecule has 0 saturated carbocycles. The van der Waals surface area contributed by atoms with E-state index in [1.807, 2.05) is 55.5 Å². The number of nitrogens with zero attached hydrogens (tertiary/aromatic N) is 3. The topological polar surface area (TPSA) is 67.4 Å². The molecule has 0 aliphatic carbocycles. The standard InChI is InChI=1S/C27H28ClN3O4/c1-6-34-19-13-9-17(10-14-19)24-23-22-20(25(32)30(5)26(33)29(22)4)21(16-7-11-18(28)12-8-16)31(23)27(2,3)15-35-24/h7-14,24H,6,15H2,1-5H3. The molecule has 0 spiro atoms. The molecule has 7 nitrogen and oxygen atoms in total. The van der Waals surface area contributed by atoms with Gasteiger partial charge in [0.1, 0.15) is 11.9 Å². The second-order valence-corrected chi connectivity index (χ2v) is 9.95. The molecule has 0 fully saturated rings. The van der Waals surface area contributed by atoms with E-state index in [1.165, 1.54) is 7.05 Å². The van der Waals surface area contributed by atoms with E-state index < -0.39 is 11.6 Å². The first kappa shape index (κ1) is 23.5. The zero-order chi connectivity index (χ0) is 25.1. The summed E-state index contributed by atoms with van der Waals surface area (Å²) >= 11 is 6.18. The number of hydrogen-bond donors (Lipinski definition) is 0. The third kappa shape index (κ3) is 3.61. The molecule has 1 aliphatic heterocycles. The zero-order valence-electron chi connectivity index (χ0n) is 20.5. The molecular formula is C27H28ClN3O4. The average Bonchev–Trinajstić information content (AvgIpc) is 3.20. The number of aryl methyl sites for hydroxylation is 1. The Hall–Kier alpha value is -3.29. The van der Waals surface area contributed by atoms with Crippen LogP contribution in [-0.4, -0.2) is 26.9 Å². The number of halogens is 1. The third-order valence-corrected chi connectivity index (χ3v) is 6.93. The van der Waals surface area contributed by atoms with Gasteiger partial charge in [0.2, 0.25) is 0 Å². The molecule has 3 heterocycles. The van der Waals surface area contributed by atoms with Crippen LogP contribution in [0.15, 0.2) is 58.1 Å². The maximum Gasteiger partial charge on any atom is 0.331 e. The average molecular weight is 494 g/mol. The summed E-state index contributed by atoms with van der Waals surface area (Å²) in [6.45, 7) is 7.10. The van der Waals surface area contributed by atoms with E-state index in [2.05, 4.69) is 18.4 Å². The molecule has 0 amide bonds. The Morgan fingerprint density at radius 3 is 2.31 bits per heavy atom. The van der Waals surface area contributed by atoms with Crippen molar-refractivity contribution in [1.29, 1.82) is 0 Å². The fourth-order valence-electron chi connectivity index (χ4n) is 5.04. The van der Waals surface area contributed by atoms with Crippen molar-refractivity contribution in [3.05, 3.63) is 85.6 Å². The van der Waals surface area contributed by atoms with E-state index in [0.29, 0.717) is 29.1 Å². The van der Waals surface area contributed by atoms with Gasteiger partial charge in [-0.05, 0) is 56.2 Å². The Morgan fingerprint density at radius 1 is 1.03 bits per heavy atom. The van der Waals surface area contributed by atoms with Gasteiger partial charge in [0.25, 0.3) is 5.56 Å². The molecule has 0 N–H and O–H groups in total. The van der Waals surface area contributed by atoms with Crippen LogP contribution >= 0.6 is 11.6 Å². The fraction of sp³-hybridized carbons (Fsp3) is 0.333. The lowest BCUT2D eigenvalue weighted by Crippen LogP contribution is -2.40. The predicted molar refractivity (Wildman–Crippen MR) is 138 cm³/mol. The van der Waals surface area contributed by atoms with Gasteiger partial charge in [-0.1, -0.05) is 35.9 Å². The smallest absolute Gasteiger partial charge is 0.331 e. The largest absolute Gasteiger partial charge is 0.494 e. The minimum absolute atomic E-state index is 0.337. The molecule has 0 saturated heterocycles. The van der Waals surface area contributed by atoms with Crippen LogP contribution in [0.2, 0.25) is 5.02 Å². The highest BCUT2D eigenvalue weighted by atomic mass is 35.5. The van der Waals surface area contributed by atoms with Crippen LogP contribution < -0.4 is 16.0 Å². The number of aromatic nitrogens is 3. The summed E-state index contributed by atoms with van der Waals surface area (Å²) in [7, 11) is 3.21. The highest BCUT2D eigenvalue weighted by Crippen LogP contribution is 2.45. The van der Waals surface area contributed by atoms with Crippen molar-refractivity contribution in [3.8, 4) is 17.0 Å². The molecule has 1 aliphatic rings. The molecule has 0 radical (unpaired) electrons. The Balaban J connectivity index is 1.91. The van der Waals surface area contributed by atoms with E-state index >= 15 is 0 Å². The van der Waals surface area contributed by atoms with Gasteiger partial charge < -0.3 is 14.0 Å². The molecule has 1 unspecified atom stereocenters. The highest BCUT2D eigenvalue weighted by Gasteiger charge is 2.40. The Kier molecular flexibility index (Phi) is 5.65. The Morgan fingerprint density at radius 2 is 1.69 bits per heavy atom. The first-order valence-electron chi connectivity index (χ1n) is 11.6. The summed E-state index contributed by atoms with van der Waals surface area (Å²) in [5, 5.41) is 1.10. The minimum Gasteiger partial charge on any atom is -0.494 e. The summed E-state index contributed by atoms with van der Waals surface area (Å²) in [5.74, 6) is 0.774. The lowest BCUT2D eigenvalue weighted by molar-refractivity contribution is -0.00709. The first-order valence-corrected chi connectivity index (χ1v) is 12.0. The monoisotopic (exact) mass is 493 g/mol. The van der Waals surface area contributed by atoms with E-state index in [4.69, 9.17) is 21.1 Å². The summed E-state index contributed by atoms with van der Waals surface area (Å²) in [6.07, 6.45) is -0.472. The summed E-state index contributed by atoms with van der Waals surface area (Å²) in [5.41, 5.74) is 2.68. The van der Waals surface area contributed by atoms with Crippen molar-refractivity contribution in [2.45, 2.75) is 32.4 Å². The molecule has 35 heavy (non-hydrogen) atoms. The van der Waals surface area contributed by atoms with Crippen molar-refractivity contribution < 1.29 is 9.47 Å². The van der Waals surface area contributed by atoms with E-state index in [9.17, 15) is 9.59 Å². The summed E-state index contributed by atoms with van der Waals surface area (Å²) in [4.78, 5) is 26.6. The molecule has 2 aromatic carbocycles.